The lowest BCUT2D eigenvalue weighted by atomic mass is 10.00. The maximum atomic E-state index is 13.2. The van der Waals surface area contributed by atoms with E-state index in [0.717, 1.165) is 0 Å². The van der Waals surface area contributed by atoms with E-state index in [1.807, 2.05) is 0 Å². The van der Waals surface area contributed by atoms with Gasteiger partial charge in [-0.25, -0.2) is 9.59 Å². The normalized spacial score (nSPS) is 16.8. The predicted molar refractivity (Wildman–Crippen MR) is 150 cm³/mol. The number of nitrogens with zero attached hydrogens (tertiary/aromatic N) is 2. The molecule has 1 saturated heterocycles. The lowest BCUT2D eigenvalue weighted by molar-refractivity contribution is -0.161. The Kier molecular flexibility index (Phi) is 8.76. The molecule has 11 nitrogen and oxygen atoms in total. The SMILES string of the molecule is CCC(C(=O)Nc1ccc(C(=O)O[C@@]2(C(=O)O)CCCN2)cc1)n1cc(OC)c(-c2cc(Cl)ccc2C#N)cc1=O. The first-order valence-electron chi connectivity index (χ1n) is 12.7. The molecule has 0 aliphatic carbocycles. The highest BCUT2D eigenvalue weighted by Gasteiger charge is 2.45. The first-order valence-corrected chi connectivity index (χ1v) is 13.1. The van der Waals surface area contributed by atoms with Crippen LogP contribution in [-0.4, -0.2) is 46.9 Å². The van der Waals surface area contributed by atoms with Crippen molar-refractivity contribution in [2.45, 2.75) is 38.0 Å². The first kappa shape index (κ1) is 29.3. The quantitative estimate of drug-likeness (QED) is 0.319. The Bertz CT molecular complexity index is 1590. The third-order valence-corrected chi connectivity index (χ3v) is 7.03. The summed E-state index contributed by atoms with van der Waals surface area (Å²) in [5.41, 5.74) is -0.689. The number of anilines is 1. The van der Waals surface area contributed by atoms with E-state index in [4.69, 9.17) is 21.1 Å². The van der Waals surface area contributed by atoms with Crippen LogP contribution in [0.15, 0.2) is 59.5 Å². The van der Waals surface area contributed by atoms with Gasteiger partial charge in [-0.05, 0) is 61.9 Å². The van der Waals surface area contributed by atoms with Gasteiger partial charge in [0.25, 0.3) is 11.3 Å². The molecule has 3 aromatic rings. The average Bonchev–Trinajstić information content (AvgIpc) is 3.44. The number of carboxylic acid groups (broad SMARTS) is 1. The third-order valence-electron chi connectivity index (χ3n) is 6.80. The minimum Gasteiger partial charge on any atom is -0.495 e. The number of hydrogen-bond donors (Lipinski definition) is 3. The van der Waals surface area contributed by atoms with Gasteiger partial charge in [0.1, 0.15) is 11.8 Å². The molecule has 1 fully saturated rings. The second-order valence-electron chi connectivity index (χ2n) is 9.35. The fraction of sp³-hybridized carbons (Fsp3) is 0.276. The highest BCUT2D eigenvalue weighted by atomic mass is 35.5. The summed E-state index contributed by atoms with van der Waals surface area (Å²) in [6, 6.07) is 12.9. The predicted octanol–water partition coefficient (Wildman–Crippen LogP) is 3.96. The first-order chi connectivity index (χ1) is 19.6. The molecule has 0 spiro atoms. The molecule has 3 N–H and O–H groups in total. The summed E-state index contributed by atoms with van der Waals surface area (Å²) in [4.78, 5) is 50.6. The van der Waals surface area contributed by atoms with Crippen molar-refractivity contribution in [1.29, 1.82) is 5.26 Å². The summed E-state index contributed by atoms with van der Waals surface area (Å²) in [7, 11) is 1.42. The van der Waals surface area contributed by atoms with Crippen LogP contribution < -0.4 is 20.9 Å². The van der Waals surface area contributed by atoms with Gasteiger partial charge < -0.3 is 19.9 Å². The zero-order valence-corrected chi connectivity index (χ0v) is 23.0. The van der Waals surface area contributed by atoms with Crippen molar-refractivity contribution in [3.8, 4) is 22.9 Å². The van der Waals surface area contributed by atoms with Gasteiger partial charge in [0.2, 0.25) is 5.91 Å². The van der Waals surface area contributed by atoms with Crippen LogP contribution in [0.25, 0.3) is 11.1 Å². The number of aliphatic carboxylic acids is 1. The van der Waals surface area contributed by atoms with Crippen LogP contribution in [0.5, 0.6) is 5.75 Å². The maximum absolute atomic E-state index is 13.2. The molecule has 1 aliphatic heterocycles. The fourth-order valence-electron chi connectivity index (χ4n) is 4.65. The van der Waals surface area contributed by atoms with E-state index in [2.05, 4.69) is 16.7 Å². The molecule has 1 aromatic heterocycles. The van der Waals surface area contributed by atoms with E-state index in [9.17, 15) is 29.5 Å². The number of benzene rings is 2. The molecule has 2 heterocycles. The van der Waals surface area contributed by atoms with Crippen LogP contribution >= 0.6 is 11.6 Å². The molecular weight excluding hydrogens is 552 g/mol. The molecule has 0 radical (unpaired) electrons. The lowest BCUT2D eigenvalue weighted by Gasteiger charge is -2.24. The number of carbonyl (C=O) groups excluding carboxylic acids is 2. The number of rotatable bonds is 9. The van der Waals surface area contributed by atoms with Gasteiger partial charge in [-0.3, -0.25) is 19.5 Å². The van der Waals surface area contributed by atoms with E-state index in [-0.39, 0.29) is 24.2 Å². The van der Waals surface area contributed by atoms with Gasteiger partial charge >= 0.3 is 11.9 Å². The Morgan fingerprint density at radius 2 is 1.93 bits per heavy atom. The number of carbonyl (C=O) groups is 3. The minimum atomic E-state index is -1.76. The number of aromatic nitrogens is 1. The van der Waals surface area contributed by atoms with Crippen molar-refractivity contribution >= 4 is 35.1 Å². The summed E-state index contributed by atoms with van der Waals surface area (Å²) in [6.45, 7) is 2.17. The van der Waals surface area contributed by atoms with Crippen molar-refractivity contribution in [2.75, 3.05) is 19.0 Å². The Labute approximate surface area is 240 Å². The number of halogens is 1. The summed E-state index contributed by atoms with van der Waals surface area (Å²) in [5, 5.41) is 24.8. The minimum absolute atomic E-state index is 0.110. The monoisotopic (exact) mass is 578 g/mol. The maximum Gasteiger partial charge on any atom is 0.364 e. The van der Waals surface area contributed by atoms with Gasteiger partial charge in [0.05, 0.1) is 30.5 Å². The van der Waals surface area contributed by atoms with Gasteiger partial charge in [-0.15, -0.1) is 0 Å². The second-order valence-corrected chi connectivity index (χ2v) is 9.78. The summed E-state index contributed by atoms with van der Waals surface area (Å²) >= 11 is 6.13. The van der Waals surface area contributed by atoms with Crippen LogP contribution in [-0.2, 0) is 14.3 Å². The number of carboxylic acids is 1. The number of nitriles is 1. The number of esters is 1. The molecule has 0 bridgehead atoms. The van der Waals surface area contributed by atoms with Crippen molar-refractivity contribution in [2.24, 2.45) is 0 Å². The van der Waals surface area contributed by atoms with Crippen molar-refractivity contribution < 1.29 is 29.0 Å². The largest absolute Gasteiger partial charge is 0.495 e. The average molecular weight is 579 g/mol. The molecule has 212 valence electrons. The smallest absolute Gasteiger partial charge is 0.364 e. The van der Waals surface area contributed by atoms with Gasteiger partial charge in [-0.1, -0.05) is 18.5 Å². The Hall–Kier alpha value is -4.66. The molecule has 4 rings (SSSR count). The molecular formula is C29H27ClN4O7. The van der Waals surface area contributed by atoms with E-state index >= 15 is 0 Å². The molecule has 2 aromatic carbocycles. The van der Waals surface area contributed by atoms with Gasteiger partial charge in [-0.2, -0.15) is 5.26 Å². The number of ether oxygens (including phenoxy) is 2. The van der Waals surface area contributed by atoms with Crippen LogP contribution in [0, 0.1) is 11.3 Å². The van der Waals surface area contributed by atoms with Crippen LogP contribution in [0.2, 0.25) is 5.02 Å². The molecule has 1 aliphatic rings. The number of nitrogens with one attached hydrogen (secondary N) is 2. The number of methoxy groups -OCH3 is 1. The number of pyridine rings is 1. The van der Waals surface area contributed by atoms with E-state index in [1.54, 1.807) is 25.1 Å². The summed E-state index contributed by atoms with van der Waals surface area (Å²) in [5.74, 6) is -2.30. The van der Waals surface area contributed by atoms with Crippen molar-refractivity contribution in [3.63, 3.8) is 0 Å². The highest BCUT2D eigenvalue weighted by molar-refractivity contribution is 6.31. The van der Waals surface area contributed by atoms with E-state index in [0.29, 0.717) is 40.4 Å². The number of hydrogen-bond acceptors (Lipinski definition) is 8. The second kappa shape index (κ2) is 12.2. The molecule has 1 amide bonds. The molecule has 41 heavy (non-hydrogen) atoms. The van der Waals surface area contributed by atoms with Crippen LogP contribution in [0.1, 0.15) is 48.1 Å². The molecule has 12 heteroatoms. The van der Waals surface area contributed by atoms with Crippen molar-refractivity contribution in [1.82, 2.24) is 9.88 Å². The number of amides is 1. The zero-order chi connectivity index (χ0) is 29.7. The summed E-state index contributed by atoms with van der Waals surface area (Å²) in [6.07, 6.45) is 2.40. The van der Waals surface area contributed by atoms with E-state index < -0.39 is 35.2 Å². The van der Waals surface area contributed by atoms with E-state index in [1.165, 1.54) is 48.2 Å². The molecule has 2 atom stereocenters. The Morgan fingerprint density at radius 1 is 1.20 bits per heavy atom. The lowest BCUT2D eigenvalue weighted by Crippen LogP contribution is -2.51. The standard InChI is InChI=1S/C29H27ClN4O7/c1-3-23(34-16-24(40-2)22(14-25(34)35)21-13-19(30)8-5-18(21)15-31)26(36)33-20-9-6-17(7-10-20)27(37)41-29(28(38)39)11-4-12-32-29/h5-10,13-14,16,23,32H,3-4,11-12H2,1-2H3,(H,33,36)(H,38,39)/t23?,29-/m1/s1. The van der Waals surface area contributed by atoms with Gasteiger partial charge in [0.15, 0.2) is 0 Å². The zero-order valence-electron chi connectivity index (χ0n) is 22.3. The van der Waals surface area contributed by atoms with Crippen LogP contribution in [0.4, 0.5) is 5.69 Å². The highest BCUT2D eigenvalue weighted by Crippen LogP contribution is 2.33. The molecule has 0 saturated carbocycles. The third kappa shape index (κ3) is 6.09. The Balaban J connectivity index is 1.54. The van der Waals surface area contributed by atoms with Crippen molar-refractivity contribution in [3.05, 3.63) is 81.2 Å². The topological polar surface area (TPSA) is 160 Å². The summed E-state index contributed by atoms with van der Waals surface area (Å²) < 4.78 is 12.0. The fourth-order valence-corrected chi connectivity index (χ4v) is 4.82. The molecule has 1 unspecified atom stereocenters. The Morgan fingerprint density at radius 3 is 2.51 bits per heavy atom. The van der Waals surface area contributed by atoms with Crippen LogP contribution in [0.3, 0.4) is 0 Å². The van der Waals surface area contributed by atoms with Gasteiger partial charge in [0, 0.05) is 34.3 Å².